The minimum atomic E-state index is -0.235. The van der Waals surface area contributed by atoms with E-state index in [2.05, 4.69) is 15.6 Å². The molecule has 0 radical (unpaired) electrons. The van der Waals surface area contributed by atoms with Crippen molar-refractivity contribution in [2.45, 2.75) is 26.5 Å². The first-order valence-electron chi connectivity index (χ1n) is 6.83. The van der Waals surface area contributed by atoms with Crippen molar-refractivity contribution in [1.82, 2.24) is 4.98 Å². The maximum absolute atomic E-state index is 12.4. The van der Waals surface area contributed by atoms with Gasteiger partial charge in [-0.15, -0.1) is 0 Å². The predicted molar refractivity (Wildman–Crippen MR) is 83.3 cm³/mol. The maximum Gasteiger partial charge on any atom is 0.259 e. The Bertz CT molecular complexity index is 626. The van der Waals surface area contributed by atoms with Gasteiger partial charge in [0.05, 0.1) is 12.2 Å². The van der Waals surface area contributed by atoms with Crippen LogP contribution in [0.4, 0.5) is 11.5 Å². The first kappa shape index (κ1) is 15.0. The molecule has 3 N–H and O–H groups in total. The van der Waals surface area contributed by atoms with Crippen molar-refractivity contribution >= 4 is 17.4 Å². The van der Waals surface area contributed by atoms with Crippen molar-refractivity contribution in [3.05, 3.63) is 53.7 Å². The number of carbonyl (C=O) groups excluding carboxylic acids is 1. The van der Waals surface area contributed by atoms with E-state index in [0.29, 0.717) is 17.1 Å². The Morgan fingerprint density at radius 2 is 2.10 bits per heavy atom. The normalized spacial score (nSPS) is 10.5. The number of anilines is 2. The van der Waals surface area contributed by atoms with Crippen molar-refractivity contribution in [1.29, 1.82) is 0 Å². The Balaban J connectivity index is 2.20. The van der Waals surface area contributed by atoms with Crippen LogP contribution in [0.25, 0.3) is 0 Å². The van der Waals surface area contributed by atoms with Crippen molar-refractivity contribution in [3.8, 4) is 0 Å². The van der Waals surface area contributed by atoms with Crippen LogP contribution in [-0.4, -0.2) is 22.0 Å². The average Bonchev–Trinajstić information content (AvgIpc) is 2.47. The lowest BCUT2D eigenvalue weighted by molar-refractivity contribution is 0.102. The zero-order chi connectivity index (χ0) is 15.2. The minimum absolute atomic E-state index is 0.0588. The number of hydrogen-bond acceptors (Lipinski definition) is 4. The molecule has 0 bridgehead atoms. The van der Waals surface area contributed by atoms with Crippen LogP contribution < -0.4 is 10.6 Å². The third-order valence-corrected chi connectivity index (χ3v) is 2.85. The number of aliphatic hydroxyl groups excluding tert-OH is 1. The molecule has 0 atom stereocenters. The second-order valence-corrected chi connectivity index (χ2v) is 5.01. The lowest BCUT2D eigenvalue weighted by Gasteiger charge is -2.13. The van der Waals surface area contributed by atoms with Gasteiger partial charge in [0.25, 0.3) is 5.91 Å². The molecule has 1 heterocycles. The predicted octanol–water partition coefficient (Wildman–Crippen LogP) is 2.65. The van der Waals surface area contributed by atoms with Gasteiger partial charge in [0.15, 0.2) is 0 Å². The monoisotopic (exact) mass is 285 g/mol. The van der Waals surface area contributed by atoms with Crippen LogP contribution in [0.1, 0.15) is 29.8 Å². The number of hydrogen-bond donors (Lipinski definition) is 3. The Labute approximate surface area is 124 Å². The molecular weight excluding hydrogens is 266 g/mol. The molecule has 1 amide bonds. The zero-order valence-corrected chi connectivity index (χ0v) is 12.1. The van der Waals surface area contributed by atoms with E-state index in [4.69, 9.17) is 5.11 Å². The van der Waals surface area contributed by atoms with E-state index in [0.717, 1.165) is 5.56 Å². The van der Waals surface area contributed by atoms with Crippen LogP contribution in [0.15, 0.2) is 42.6 Å². The Hall–Kier alpha value is -2.40. The molecule has 5 heteroatoms. The molecule has 110 valence electrons. The standard InChI is InChI=1S/C16H19N3O2/c1-11(2)18-15-14(7-4-8-17-15)16(21)19-13-6-3-5-12(9-13)10-20/h3-9,11,20H,10H2,1-2H3,(H,17,18)(H,19,21). The van der Waals surface area contributed by atoms with Crippen molar-refractivity contribution in [2.24, 2.45) is 0 Å². The summed E-state index contributed by atoms with van der Waals surface area (Å²) in [7, 11) is 0. The minimum Gasteiger partial charge on any atom is -0.392 e. The van der Waals surface area contributed by atoms with Gasteiger partial charge in [-0.25, -0.2) is 4.98 Å². The molecule has 0 aliphatic rings. The molecule has 0 aliphatic heterocycles. The van der Waals surface area contributed by atoms with Crippen LogP contribution in [0.2, 0.25) is 0 Å². The number of pyridine rings is 1. The molecule has 1 aromatic heterocycles. The second kappa shape index (κ2) is 6.85. The molecule has 21 heavy (non-hydrogen) atoms. The summed E-state index contributed by atoms with van der Waals surface area (Å²) in [4.78, 5) is 16.6. The number of nitrogens with one attached hydrogen (secondary N) is 2. The summed E-state index contributed by atoms with van der Waals surface area (Å²) in [6, 6.07) is 10.7. The summed E-state index contributed by atoms with van der Waals surface area (Å²) in [5, 5.41) is 15.1. The van der Waals surface area contributed by atoms with E-state index in [1.807, 2.05) is 13.8 Å². The van der Waals surface area contributed by atoms with Gasteiger partial charge in [-0.1, -0.05) is 12.1 Å². The second-order valence-electron chi connectivity index (χ2n) is 5.01. The van der Waals surface area contributed by atoms with Crippen LogP contribution in [0.5, 0.6) is 0 Å². The number of benzene rings is 1. The van der Waals surface area contributed by atoms with Gasteiger partial charge >= 0.3 is 0 Å². The van der Waals surface area contributed by atoms with Gasteiger partial charge in [-0.3, -0.25) is 4.79 Å². The summed E-state index contributed by atoms with van der Waals surface area (Å²) in [5.41, 5.74) is 1.88. The lowest BCUT2D eigenvalue weighted by Crippen LogP contribution is -2.18. The SMILES string of the molecule is CC(C)Nc1ncccc1C(=O)Nc1cccc(CO)c1. The van der Waals surface area contributed by atoms with Gasteiger partial charge < -0.3 is 15.7 Å². The number of nitrogens with zero attached hydrogens (tertiary/aromatic N) is 1. The summed E-state index contributed by atoms with van der Waals surface area (Å²) in [6.07, 6.45) is 1.65. The number of carbonyl (C=O) groups is 1. The lowest BCUT2D eigenvalue weighted by atomic mass is 10.2. The van der Waals surface area contributed by atoms with E-state index in [1.54, 1.807) is 42.6 Å². The molecule has 5 nitrogen and oxygen atoms in total. The molecule has 0 saturated carbocycles. The Morgan fingerprint density at radius 3 is 2.81 bits per heavy atom. The fourth-order valence-electron chi connectivity index (χ4n) is 1.92. The Kier molecular flexibility index (Phi) is 4.90. The summed E-state index contributed by atoms with van der Waals surface area (Å²) in [6.45, 7) is 3.92. The molecule has 1 aromatic carbocycles. The summed E-state index contributed by atoms with van der Waals surface area (Å²) < 4.78 is 0. The molecule has 0 saturated heterocycles. The largest absolute Gasteiger partial charge is 0.392 e. The van der Waals surface area contributed by atoms with Crippen molar-refractivity contribution in [2.75, 3.05) is 10.6 Å². The number of aliphatic hydroxyl groups is 1. The fourth-order valence-corrected chi connectivity index (χ4v) is 1.92. The molecule has 2 rings (SSSR count). The van der Waals surface area contributed by atoms with Gasteiger partial charge in [0, 0.05) is 17.9 Å². The number of rotatable bonds is 5. The smallest absolute Gasteiger partial charge is 0.259 e. The number of aromatic nitrogens is 1. The van der Waals surface area contributed by atoms with E-state index in [-0.39, 0.29) is 18.6 Å². The first-order chi connectivity index (χ1) is 10.1. The van der Waals surface area contributed by atoms with E-state index < -0.39 is 0 Å². The highest BCUT2D eigenvalue weighted by Gasteiger charge is 2.13. The first-order valence-corrected chi connectivity index (χ1v) is 6.83. The van der Waals surface area contributed by atoms with Gasteiger partial charge in [0.1, 0.15) is 5.82 Å². The van der Waals surface area contributed by atoms with E-state index >= 15 is 0 Å². The quantitative estimate of drug-likeness (QED) is 0.789. The molecule has 2 aromatic rings. The molecular formula is C16H19N3O2. The zero-order valence-electron chi connectivity index (χ0n) is 12.1. The van der Waals surface area contributed by atoms with Crippen molar-refractivity contribution in [3.63, 3.8) is 0 Å². The Morgan fingerprint density at radius 1 is 1.29 bits per heavy atom. The van der Waals surface area contributed by atoms with Gasteiger partial charge in [-0.05, 0) is 43.7 Å². The van der Waals surface area contributed by atoms with Crippen LogP contribution in [-0.2, 0) is 6.61 Å². The molecule has 0 spiro atoms. The average molecular weight is 285 g/mol. The maximum atomic E-state index is 12.4. The highest BCUT2D eigenvalue weighted by Crippen LogP contribution is 2.16. The molecule has 0 unspecified atom stereocenters. The van der Waals surface area contributed by atoms with Crippen LogP contribution in [0.3, 0.4) is 0 Å². The third kappa shape index (κ3) is 4.03. The highest BCUT2D eigenvalue weighted by molar-refractivity contribution is 6.07. The van der Waals surface area contributed by atoms with E-state index in [1.165, 1.54) is 0 Å². The number of amides is 1. The van der Waals surface area contributed by atoms with Crippen LogP contribution >= 0.6 is 0 Å². The van der Waals surface area contributed by atoms with Gasteiger partial charge in [-0.2, -0.15) is 0 Å². The highest BCUT2D eigenvalue weighted by atomic mass is 16.3. The molecule has 0 aliphatic carbocycles. The third-order valence-electron chi connectivity index (χ3n) is 2.85. The van der Waals surface area contributed by atoms with E-state index in [9.17, 15) is 4.79 Å². The van der Waals surface area contributed by atoms with Crippen LogP contribution in [0, 0.1) is 0 Å². The summed E-state index contributed by atoms with van der Waals surface area (Å²) in [5.74, 6) is 0.324. The summed E-state index contributed by atoms with van der Waals surface area (Å²) >= 11 is 0. The van der Waals surface area contributed by atoms with Gasteiger partial charge in [0.2, 0.25) is 0 Å². The fraction of sp³-hybridized carbons (Fsp3) is 0.250. The molecule has 0 fully saturated rings. The topological polar surface area (TPSA) is 74.2 Å². The van der Waals surface area contributed by atoms with Crippen molar-refractivity contribution < 1.29 is 9.90 Å².